The zero-order valence-electron chi connectivity index (χ0n) is 10.6. The van der Waals surface area contributed by atoms with Gasteiger partial charge in [-0.15, -0.1) is 0 Å². The number of rotatable bonds is 5. The molecule has 2 fully saturated rings. The van der Waals surface area contributed by atoms with Crippen molar-refractivity contribution in [2.75, 3.05) is 12.3 Å². The Morgan fingerprint density at radius 1 is 1.18 bits per heavy atom. The highest BCUT2D eigenvalue weighted by Gasteiger charge is 2.36. The topological polar surface area (TPSA) is 29.3 Å². The van der Waals surface area contributed by atoms with Crippen molar-refractivity contribution in [2.24, 2.45) is 5.92 Å². The van der Waals surface area contributed by atoms with E-state index in [0.29, 0.717) is 6.04 Å². The lowest BCUT2D eigenvalue weighted by Crippen LogP contribution is -2.31. The molecule has 2 heteroatoms. The predicted molar refractivity (Wildman–Crippen MR) is 71.7 cm³/mol. The average Bonchev–Trinajstić information content (AvgIpc) is 3.18. The fourth-order valence-corrected chi connectivity index (χ4v) is 2.59. The first-order chi connectivity index (χ1) is 8.24. The molecule has 2 saturated carbocycles. The smallest absolute Gasteiger partial charge is 0.0322 e. The van der Waals surface area contributed by atoms with Gasteiger partial charge in [-0.2, -0.15) is 0 Å². The van der Waals surface area contributed by atoms with E-state index in [-0.39, 0.29) is 0 Å². The summed E-state index contributed by atoms with van der Waals surface area (Å²) < 4.78 is 0. The Balaban J connectivity index is 1.72. The van der Waals surface area contributed by atoms with Gasteiger partial charge < -0.3 is 5.73 Å². The van der Waals surface area contributed by atoms with Crippen LogP contribution in [0.4, 0.5) is 5.69 Å². The largest absolute Gasteiger partial charge is 0.399 e. The highest BCUT2D eigenvalue weighted by Crippen LogP contribution is 2.39. The maximum Gasteiger partial charge on any atom is 0.0322 e. The lowest BCUT2D eigenvalue weighted by molar-refractivity contribution is 0.191. The lowest BCUT2D eigenvalue weighted by atomic mass is 10.1. The summed E-state index contributed by atoms with van der Waals surface area (Å²) >= 11 is 0. The van der Waals surface area contributed by atoms with Crippen molar-refractivity contribution in [3.05, 3.63) is 29.8 Å². The summed E-state index contributed by atoms with van der Waals surface area (Å²) in [5.41, 5.74) is 8.02. The van der Waals surface area contributed by atoms with Gasteiger partial charge in [0.25, 0.3) is 0 Å². The highest BCUT2D eigenvalue weighted by molar-refractivity contribution is 5.40. The van der Waals surface area contributed by atoms with Crippen molar-refractivity contribution in [2.45, 2.75) is 44.7 Å². The van der Waals surface area contributed by atoms with Gasteiger partial charge in [0, 0.05) is 24.3 Å². The number of hydrogen-bond donors (Lipinski definition) is 1. The molecule has 0 aliphatic heterocycles. The Hall–Kier alpha value is -1.02. The van der Waals surface area contributed by atoms with Crippen LogP contribution < -0.4 is 5.73 Å². The molecule has 1 aromatic rings. The van der Waals surface area contributed by atoms with E-state index < -0.39 is 0 Å². The van der Waals surface area contributed by atoms with Crippen LogP contribution in [0.2, 0.25) is 0 Å². The molecule has 0 radical (unpaired) electrons. The van der Waals surface area contributed by atoms with E-state index in [9.17, 15) is 0 Å². The van der Waals surface area contributed by atoms with Crippen molar-refractivity contribution in [3.63, 3.8) is 0 Å². The van der Waals surface area contributed by atoms with Crippen LogP contribution in [-0.2, 0) is 0 Å². The number of nitrogens with two attached hydrogens (primary N) is 1. The summed E-state index contributed by atoms with van der Waals surface area (Å²) in [5.74, 6) is 0.979. The molecule has 2 aliphatic carbocycles. The summed E-state index contributed by atoms with van der Waals surface area (Å²) in [6.45, 7) is 3.64. The molecule has 1 unspecified atom stereocenters. The highest BCUT2D eigenvalue weighted by atomic mass is 15.2. The lowest BCUT2D eigenvalue weighted by Gasteiger charge is -2.29. The summed E-state index contributed by atoms with van der Waals surface area (Å²) in [6, 6.07) is 9.80. The fraction of sp³-hybridized carbons (Fsp3) is 0.600. The molecule has 2 aliphatic rings. The molecule has 2 nitrogen and oxygen atoms in total. The van der Waals surface area contributed by atoms with Crippen molar-refractivity contribution in [1.29, 1.82) is 0 Å². The minimum atomic E-state index is 0.545. The van der Waals surface area contributed by atoms with E-state index in [0.717, 1.165) is 17.6 Å². The third kappa shape index (κ3) is 2.63. The van der Waals surface area contributed by atoms with E-state index in [2.05, 4.69) is 24.0 Å². The molecule has 0 saturated heterocycles. The molecule has 92 valence electrons. The van der Waals surface area contributed by atoms with Crippen molar-refractivity contribution in [3.8, 4) is 0 Å². The van der Waals surface area contributed by atoms with E-state index in [1.807, 2.05) is 12.1 Å². The van der Waals surface area contributed by atoms with E-state index in [1.165, 1.54) is 37.8 Å². The van der Waals surface area contributed by atoms with Crippen LogP contribution in [0.3, 0.4) is 0 Å². The number of anilines is 1. The van der Waals surface area contributed by atoms with Gasteiger partial charge in [-0.25, -0.2) is 0 Å². The third-order valence-corrected chi connectivity index (χ3v) is 4.10. The number of nitrogens with zero attached hydrogens (tertiary/aromatic N) is 1. The first kappa shape index (κ1) is 11.1. The van der Waals surface area contributed by atoms with Gasteiger partial charge in [0.1, 0.15) is 0 Å². The molecule has 1 atom stereocenters. The Morgan fingerprint density at radius 3 is 2.35 bits per heavy atom. The normalized spacial score (nSPS) is 21.8. The van der Waals surface area contributed by atoms with Gasteiger partial charge >= 0.3 is 0 Å². The Kier molecular flexibility index (Phi) is 2.83. The van der Waals surface area contributed by atoms with Gasteiger partial charge in [0.2, 0.25) is 0 Å². The van der Waals surface area contributed by atoms with Crippen LogP contribution in [0.25, 0.3) is 0 Å². The first-order valence-corrected chi connectivity index (χ1v) is 6.85. The quantitative estimate of drug-likeness (QED) is 0.787. The summed E-state index contributed by atoms with van der Waals surface area (Å²) in [7, 11) is 0. The molecule has 0 spiro atoms. The molecule has 2 N–H and O–H groups in total. The first-order valence-electron chi connectivity index (χ1n) is 6.85. The van der Waals surface area contributed by atoms with Crippen LogP contribution in [0, 0.1) is 5.92 Å². The standard InChI is InChI=1S/C15H22N2/c1-11(13-4-6-14(16)7-5-13)17(15-8-9-15)10-12-2-3-12/h4-7,11-12,15H,2-3,8-10,16H2,1H3. The molecule has 0 bridgehead atoms. The van der Waals surface area contributed by atoms with Gasteiger partial charge in [0.05, 0.1) is 0 Å². The Morgan fingerprint density at radius 2 is 1.82 bits per heavy atom. The fourth-order valence-electron chi connectivity index (χ4n) is 2.59. The molecule has 17 heavy (non-hydrogen) atoms. The van der Waals surface area contributed by atoms with Crippen LogP contribution in [0.1, 0.15) is 44.2 Å². The summed E-state index contributed by atoms with van der Waals surface area (Å²) in [5, 5.41) is 0. The zero-order valence-corrected chi connectivity index (χ0v) is 10.6. The van der Waals surface area contributed by atoms with Crippen molar-refractivity contribution in [1.82, 2.24) is 4.90 Å². The minimum Gasteiger partial charge on any atom is -0.399 e. The Labute approximate surface area is 104 Å². The number of nitrogen functional groups attached to an aromatic ring is 1. The van der Waals surface area contributed by atoms with Crippen LogP contribution in [0.15, 0.2) is 24.3 Å². The zero-order chi connectivity index (χ0) is 11.8. The van der Waals surface area contributed by atoms with Crippen LogP contribution in [-0.4, -0.2) is 17.5 Å². The van der Waals surface area contributed by atoms with Crippen LogP contribution in [0.5, 0.6) is 0 Å². The summed E-state index contributed by atoms with van der Waals surface area (Å²) in [4.78, 5) is 2.71. The van der Waals surface area contributed by atoms with E-state index in [1.54, 1.807) is 0 Å². The van der Waals surface area contributed by atoms with Crippen molar-refractivity contribution < 1.29 is 0 Å². The van der Waals surface area contributed by atoms with Crippen LogP contribution >= 0.6 is 0 Å². The maximum atomic E-state index is 5.75. The molecule has 0 amide bonds. The second-order valence-corrected chi connectivity index (χ2v) is 5.71. The third-order valence-electron chi connectivity index (χ3n) is 4.10. The molecule has 0 heterocycles. The Bertz CT molecular complexity index is 376. The minimum absolute atomic E-state index is 0.545. The van der Waals surface area contributed by atoms with Gasteiger partial charge in [-0.05, 0) is 56.2 Å². The van der Waals surface area contributed by atoms with Crippen molar-refractivity contribution >= 4 is 5.69 Å². The molecule has 0 aromatic heterocycles. The number of hydrogen-bond acceptors (Lipinski definition) is 2. The van der Waals surface area contributed by atoms with E-state index in [4.69, 9.17) is 5.73 Å². The number of benzene rings is 1. The summed E-state index contributed by atoms with van der Waals surface area (Å²) in [6.07, 6.45) is 5.67. The van der Waals surface area contributed by atoms with Gasteiger partial charge in [-0.3, -0.25) is 4.90 Å². The van der Waals surface area contributed by atoms with Gasteiger partial charge in [0.15, 0.2) is 0 Å². The molecular formula is C15H22N2. The second-order valence-electron chi connectivity index (χ2n) is 5.71. The predicted octanol–water partition coefficient (Wildman–Crippen LogP) is 3.20. The molecule has 3 rings (SSSR count). The molecule has 1 aromatic carbocycles. The maximum absolute atomic E-state index is 5.75. The SMILES string of the molecule is CC(c1ccc(N)cc1)N(CC1CC1)C1CC1. The second kappa shape index (κ2) is 4.34. The molecular weight excluding hydrogens is 208 g/mol. The van der Waals surface area contributed by atoms with Gasteiger partial charge in [-0.1, -0.05) is 12.1 Å². The monoisotopic (exact) mass is 230 g/mol. The van der Waals surface area contributed by atoms with E-state index >= 15 is 0 Å². The average molecular weight is 230 g/mol.